The molecular weight excluding hydrogens is 316 g/mol. The Kier molecular flexibility index (Phi) is 4.32. The minimum atomic E-state index is 0.913. The fraction of sp³-hybridized carbons (Fsp3) is 0.0833. The number of nitrogens with zero attached hydrogens (tertiary/aromatic N) is 2. The molecule has 0 spiro atoms. The topological polar surface area (TPSA) is 24.7 Å². The largest absolute Gasteiger partial charge is 0.155 e. The third-order valence-electron chi connectivity index (χ3n) is 4.68. The molecule has 0 saturated carbocycles. The van der Waals surface area contributed by atoms with Crippen molar-refractivity contribution in [2.24, 2.45) is 10.2 Å². The summed E-state index contributed by atoms with van der Waals surface area (Å²) in [5.41, 5.74) is 4.02. The van der Waals surface area contributed by atoms with Crippen LogP contribution in [0, 0.1) is 0 Å². The van der Waals surface area contributed by atoms with E-state index in [4.69, 9.17) is 0 Å². The van der Waals surface area contributed by atoms with Gasteiger partial charge >= 0.3 is 0 Å². The molecular formula is C24H20N2. The summed E-state index contributed by atoms with van der Waals surface area (Å²) in [5.74, 6) is 0. The first-order valence-electron chi connectivity index (χ1n) is 8.78. The Morgan fingerprint density at radius 1 is 0.500 bits per heavy atom. The van der Waals surface area contributed by atoms with Crippen molar-refractivity contribution in [2.45, 2.75) is 13.8 Å². The second kappa shape index (κ2) is 6.93. The molecule has 4 aromatic rings. The van der Waals surface area contributed by atoms with Crippen LogP contribution in [0.15, 0.2) is 95.1 Å². The molecule has 0 bridgehead atoms. The molecule has 0 heterocycles. The molecule has 0 atom stereocenters. The minimum Gasteiger partial charge on any atom is -0.155 e. The summed E-state index contributed by atoms with van der Waals surface area (Å²) in [5, 5.41) is 13.8. The van der Waals surface area contributed by atoms with E-state index < -0.39 is 0 Å². The van der Waals surface area contributed by atoms with Gasteiger partial charge in [-0.15, -0.1) is 0 Å². The monoisotopic (exact) mass is 336 g/mol. The van der Waals surface area contributed by atoms with E-state index in [-0.39, 0.29) is 0 Å². The number of benzene rings is 4. The molecule has 0 fully saturated rings. The number of hydrogen-bond donors (Lipinski definition) is 0. The summed E-state index contributed by atoms with van der Waals surface area (Å²) >= 11 is 0. The van der Waals surface area contributed by atoms with E-state index in [2.05, 4.69) is 95.1 Å². The summed E-state index contributed by atoms with van der Waals surface area (Å²) in [6.07, 6.45) is 0. The zero-order chi connectivity index (χ0) is 17.9. The van der Waals surface area contributed by atoms with Gasteiger partial charge < -0.3 is 0 Å². The Labute approximate surface area is 153 Å². The normalized spacial score (nSPS) is 12.7. The van der Waals surface area contributed by atoms with Crippen molar-refractivity contribution < 1.29 is 0 Å². The Morgan fingerprint density at radius 2 is 0.885 bits per heavy atom. The first-order valence-corrected chi connectivity index (χ1v) is 8.78. The zero-order valence-corrected chi connectivity index (χ0v) is 15.0. The number of fused-ring (bicyclic) bond motifs is 2. The van der Waals surface area contributed by atoms with Crippen LogP contribution in [0.25, 0.3) is 21.5 Å². The van der Waals surface area contributed by atoms with Crippen molar-refractivity contribution in [3.05, 3.63) is 96.1 Å². The van der Waals surface area contributed by atoms with Gasteiger partial charge in [0.05, 0.1) is 11.4 Å². The maximum absolute atomic E-state index is 4.46. The Bertz CT molecular complexity index is 1060. The van der Waals surface area contributed by atoms with Gasteiger partial charge in [-0.1, -0.05) is 72.8 Å². The summed E-state index contributed by atoms with van der Waals surface area (Å²) in [6.45, 7) is 4.00. The van der Waals surface area contributed by atoms with Crippen LogP contribution in [0.2, 0.25) is 0 Å². The van der Waals surface area contributed by atoms with Crippen LogP contribution in [0.4, 0.5) is 0 Å². The summed E-state index contributed by atoms with van der Waals surface area (Å²) in [6, 6.07) is 29.5. The first-order chi connectivity index (χ1) is 12.7. The van der Waals surface area contributed by atoms with Crippen LogP contribution in [-0.4, -0.2) is 11.4 Å². The SMILES string of the molecule is C/C(=N\N=C(/C)c1ccc2ccccc2c1)c1ccc2ccccc2c1. The molecule has 0 aliphatic heterocycles. The molecule has 0 unspecified atom stereocenters. The van der Waals surface area contributed by atoms with Crippen molar-refractivity contribution >= 4 is 33.0 Å². The second-order valence-corrected chi connectivity index (χ2v) is 6.49. The lowest BCUT2D eigenvalue weighted by Crippen LogP contribution is -1.97. The predicted molar refractivity (Wildman–Crippen MR) is 112 cm³/mol. The fourth-order valence-corrected chi connectivity index (χ4v) is 3.09. The van der Waals surface area contributed by atoms with Gasteiger partial charge in [0.15, 0.2) is 0 Å². The molecule has 0 N–H and O–H groups in total. The molecule has 26 heavy (non-hydrogen) atoms. The van der Waals surface area contributed by atoms with Gasteiger partial charge in [-0.25, -0.2) is 0 Å². The van der Waals surface area contributed by atoms with E-state index in [1.54, 1.807) is 0 Å². The van der Waals surface area contributed by atoms with Gasteiger partial charge in [0, 0.05) is 0 Å². The van der Waals surface area contributed by atoms with Crippen LogP contribution in [0.3, 0.4) is 0 Å². The summed E-state index contributed by atoms with van der Waals surface area (Å²) in [7, 11) is 0. The molecule has 4 aromatic carbocycles. The molecule has 4 rings (SSSR count). The molecule has 0 aliphatic carbocycles. The molecule has 0 aliphatic rings. The van der Waals surface area contributed by atoms with Gasteiger partial charge in [0.2, 0.25) is 0 Å². The quantitative estimate of drug-likeness (QED) is 0.313. The Hall–Kier alpha value is -3.26. The predicted octanol–water partition coefficient (Wildman–Crippen LogP) is 6.23. The zero-order valence-electron chi connectivity index (χ0n) is 15.0. The Morgan fingerprint density at radius 3 is 1.31 bits per heavy atom. The van der Waals surface area contributed by atoms with Gasteiger partial charge in [0.25, 0.3) is 0 Å². The lowest BCUT2D eigenvalue weighted by Gasteiger charge is -2.04. The molecule has 0 aromatic heterocycles. The summed E-state index contributed by atoms with van der Waals surface area (Å²) < 4.78 is 0. The number of rotatable bonds is 3. The third-order valence-corrected chi connectivity index (χ3v) is 4.68. The fourth-order valence-electron chi connectivity index (χ4n) is 3.09. The lowest BCUT2D eigenvalue weighted by molar-refractivity contribution is 1.22. The van der Waals surface area contributed by atoms with Crippen LogP contribution in [0.1, 0.15) is 25.0 Å². The lowest BCUT2D eigenvalue weighted by atomic mass is 10.0. The molecule has 0 saturated heterocycles. The maximum atomic E-state index is 4.46. The molecule has 126 valence electrons. The highest BCUT2D eigenvalue weighted by atomic mass is 15.2. The minimum absolute atomic E-state index is 0.913. The van der Waals surface area contributed by atoms with Crippen molar-refractivity contribution in [3.63, 3.8) is 0 Å². The first kappa shape index (κ1) is 16.2. The van der Waals surface area contributed by atoms with Crippen molar-refractivity contribution in [1.82, 2.24) is 0 Å². The van der Waals surface area contributed by atoms with Gasteiger partial charge in [0.1, 0.15) is 0 Å². The average molecular weight is 336 g/mol. The third kappa shape index (κ3) is 3.27. The van der Waals surface area contributed by atoms with Gasteiger partial charge in [-0.3, -0.25) is 0 Å². The molecule has 2 heteroatoms. The van der Waals surface area contributed by atoms with Crippen LogP contribution < -0.4 is 0 Å². The van der Waals surface area contributed by atoms with E-state index in [0.717, 1.165) is 22.6 Å². The van der Waals surface area contributed by atoms with Crippen molar-refractivity contribution in [3.8, 4) is 0 Å². The highest BCUT2D eigenvalue weighted by molar-refractivity contribution is 6.04. The van der Waals surface area contributed by atoms with Crippen molar-refractivity contribution in [1.29, 1.82) is 0 Å². The van der Waals surface area contributed by atoms with Crippen LogP contribution in [0.5, 0.6) is 0 Å². The van der Waals surface area contributed by atoms with E-state index in [1.165, 1.54) is 21.5 Å². The molecule has 0 amide bonds. The van der Waals surface area contributed by atoms with Crippen LogP contribution >= 0.6 is 0 Å². The van der Waals surface area contributed by atoms with Crippen LogP contribution in [-0.2, 0) is 0 Å². The average Bonchev–Trinajstić information content (AvgIpc) is 2.71. The van der Waals surface area contributed by atoms with E-state index in [0.29, 0.717) is 0 Å². The van der Waals surface area contributed by atoms with E-state index in [1.807, 2.05) is 13.8 Å². The second-order valence-electron chi connectivity index (χ2n) is 6.49. The highest BCUT2D eigenvalue weighted by Gasteiger charge is 2.02. The van der Waals surface area contributed by atoms with Crippen molar-refractivity contribution in [2.75, 3.05) is 0 Å². The van der Waals surface area contributed by atoms with Gasteiger partial charge in [-0.2, -0.15) is 10.2 Å². The number of hydrogen-bond acceptors (Lipinski definition) is 2. The van der Waals surface area contributed by atoms with E-state index in [9.17, 15) is 0 Å². The smallest absolute Gasteiger partial charge is 0.0672 e. The molecule has 0 radical (unpaired) electrons. The van der Waals surface area contributed by atoms with Gasteiger partial charge in [-0.05, 0) is 58.7 Å². The highest BCUT2D eigenvalue weighted by Crippen LogP contribution is 2.18. The standard InChI is InChI=1S/C24H20N2/c1-17(21-13-11-19-7-3-5-9-23(19)15-21)25-26-18(2)22-14-12-20-8-4-6-10-24(20)16-22/h3-16H,1-2H3/b25-17+,26-18+. The Balaban J connectivity index is 1.64. The molecule has 2 nitrogen and oxygen atoms in total. The summed E-state index contributed by atoms with van der Waals surface area (Å²) in [4.78, 5) is 0. The maximum Gasteiger partial charge on any atom is 0.0672 e. The van der Waals surface area contributed by atoms with E-state index >= 15 is 0 Å².